The van der Waals surface area contributed by atoms with E-state index in [4.69, 9.17) is 9.15 Å². The van der Waals surface area contributed by atoms with Crippen molar-refractivity contribution in [2.45, 2.75) is 12.5 Å². The van der Waals surface area contributed by atoms with Crippen molar-refractivity contribution in [2.24, 2.45) is 5.10 Å². The molecule has 1 aliphatic rings. The van der Waals surface area contributed by atoms with Gasteiger partial charge in [-0.3, -0.25) is 4.79 Å². The minimum Gasteiger partial charge on any atom is -0.497 e. The largest absolute Gasteiger partial charge is 0.497 e. The third-order valence-corrected chi connectivity index (χ3v) is 5.36. The SMILES string of the molecule is COc1ccc(C2=NN(C(=O)CNc3cccc(-n4cnnn4)c3)[C@H](c3ccco3)C2)cc1. The van der Waals surface area contributed by atoms with Gasteiger partial charge in [-0.15, -0.1) is 5.10 Å². The monoisotopic (exact) mass is 443 g/mol. The number of rotatable bonds is 7. The van der Waals surface area contributed by atoms with Gasteiger partial charge < -0.3 is 14.5 Å². The van der Waals surface area contributed by atoms with Gasteiger partial charge in [-0.05, 0) is 70.6 Å². The number of tetrazole rings is 1. The molecule has 0 fully saturated rings. The van der Waals surface area contributed by atoms with Gasteiger partial charge in [0, 0.05) is 12.1 Å². The Morgan fingerprint density at radius 2 is 2.06 bits per heavy atom. The second-order valence-electron chi connectivity index (χ2n) is 7.41. The van der Waals surface area contributed by atoms with Crippen LogP contribution in [0.15, 0.2) is 82.8 Å². The maximum atomic E-state index is 13.2. The third kappa shape index (κ3) is 4.31. The van der Waals surface area contributed by atoms with Gasteiger partial charge in [0.25, 0.3) is 5.91 Å². The summed E-state index contributed by atoms with van der Waals surface area (Å²) >= 11 is 0. The van der Waals surface area contributed by atoms with Crippen molar-refractivity contribution in [1.29, 1.82) is 0 Å². The number of aromatic nitrogens is 4. The van der Waals surface area contributed by atoms with Gasteiger partial charge in [-0.1, -0.05) is 6.07 Å². The molecule has 1 aliphatic heterocycles. The van der Waals surface area contributed by atoms with Crippen LogP contribution in [0.5, 0.6) is 5.75 Å². The molecule has 10 heteroatoms. The lowest BCUT2D eigenvalue weighted by Gasteiger charge is -2.20. The summed E-state index contributed by atoms with van der Waals surface area (Å²) in [5.41, 5.74) is 3.30. The van der Waals surface area contributed by atoms with E-state index in [0.29, 0.717) is 12.2 Å². The standard InChI is InChI=1S/C23H21N7O3/c1-32-19-9-7-16(8-10-19)20-13-21(22-6-3-11-33-22)30(26-20)23(31)14-24-17-4-2-5-18(12-17)29-15-25-27-28-29/h2-12,15,21,24H,13-14H2,1H3/t21-/m0/s1. The minimum absolute atomic E-state index is 0.0651. The normalized spacial score (nSPS) is 15.4. The van der Waals surface area contributed by atoms with E-state index in [1.165, 1.54) is 11.3 Å². The van der Waals surface area contributed by atoms with Crippen LogP contribution in [0, 0.1) is 0 Å². The lowest BCUT2D eigenvalue weighted by molar-refractivity contribution is -0.131. The Hall–Kier alpha value is -4.47. The second-order valence-corrected chi connectivity index (χ2v) is 7.41. The number of hydrazone groups is 1. The average Bonchev–Trinajstić information content (AvgIpc) is 3.64. The average molecular weight is 443 g/mol. The zero-order valence-electron chi connectivity index (χ0n) is 17.8. The first-order chi connectivity index (χ1) is 16.2. The van der Waals surface area contributed by atoms with Crippen LogP contribution in [0.25, 0.3) is 5.69 Å². The molecule has 2 aromatic heterocycles. The molecule has 166 valence electrons. The zero-order chi connectivity index (χ0) is 22.6. The number of carbonyl (C=O) groups is 1. The Morgan fingerprint density at radius 3 is 2.79 bits per heavy atom. The summed E-state index contributed by atoms with van der Waals surface area (Å²) < 4.78 is 12.4. The van der Waals surface area contributed by atoms with Gasteiger partial charge >= 0.3 is 0 Å². The number of ether oxygens (including phenoxy) is 1. The molecule has 0 radical (unpaired) electrons. The fourth-order valence-electron chi connectivity index (χ4n) is 3.70. The van der Waals surface area contributed by atoms with Gasteiger partial charge in [0.05, 0.1) is 31.3 Å². The minimum atomic E-state index is -0.307. The van der Waals surface area contributed by atoms with Crippen LogP contribution in [-0.4, -0.2) is 50.5 Å². The van der Waals surface area contributed by atoms with Crippen LogP contribution in [0.1, 0.15) is 23.8 Å². The first kappa shape index (κ1) is 20.4. The van der Waals surface area contributed by atoms with Gasteiger partial charge in [0.2, 0.25) is 0 Å². The Morgan fingerprint density at radius 1 is 1.18 bits per heavy atom. The van der Waals surface area contributed by atoms with Crippen molar-refractivity contribution in [2.75, 3.05) is 19.0 Å². The predicted octanol–water partition coefficient (Wildman–Crippen LogP) is 3.05. The molecule has 1 amide bonds. The summed E-state index contributed by atoms with van der Waals surface area (Å²) in [4.78, 5) is 13.2. The fourth-order valence-corrected chi connectivity index (χ4v) is 3.70. The molecule has 0 spiro atoms. The summed E-state index contributed by atoms with van der Waals surface area (Å²) in [6.07, 6.45) is 3.67. The van der Waals surface area contributed by atoms with Gasteiger partial charge in [-0.2, -0.15) is 5.10 Å². The first-order valence-electron chi connectivity index (χ1n) is 10.4. The Labute approximate surface area is 189 Å². The predicted molar refractivity (Wildman–Crippen MR) is 120 cm³/mol. The van der Waals surface area contributed by atoms with Crippen LogP contribution in [0.2, 0.25) is 0 Å². The maximum absolute atomic E-state index is 13.2. The maximum Gasteiger partial charge on any atom is 0.262 e. The van der Waals surface area contributed by atoms with Gasteiger partial charge in [0.1, 0.15) is 23.9 Å². The Balaban J connectivity index is 1.34. The quantitative estimate of drug-likeness (QED) is 0.467. The summed E-state index contributed by atoms with van der Waals surface area (Å²) in [5.74, 6) is 1.28. The molecule has 1 N–H and O–H groups in total. The topological polar surface area (TPSA) is 111 Å². The number of benzene rings is 2. The number of carbonyl (C=O) groups excluding carboxylic acids is 1. The van der Waals surface area contributed by atoms with E-state index in [0.717, 1.165) is 28.4 Å². The molecule has 2 aromatic carbocycles. The van der Waals surface area contributed by atoms with Crippen molar-refractivity contribution < 1.29 is 13.9 Å². The van der Waals surface area contributed by atoms with Crippen LogP contribution in [0.3, 0.4) is 0 Å². The van der Waals surface area contributed by atoms with Crippen LogP contribution in [-0.2, 0) is 4.79 Å². The van der Waals surface area contributed by atoms with E-state index >= 15 is 0 Å². The van der Waals surface area contributed by atoms with Crippen molar-refractivity contribution in [3.63, 3.8) is 0 Å². The summed E-state index contributed by atoms with van der Waals surface area (Å²) in [5, 5.41) is 20.5. The number of hydrogen-bond donors (Lipinski definition) is 1. The van der Waals surface area contributed by atoms with E-state index in [1.807, 2.05) is 60.7 Å². The number of nitrogens with zero attached hydrogens (tertiary/aromatic N) is 6. The van der Waals surface area contributed by atoms with Crippen molar-refractivity contribution in [3.05, 3.63) is 84.6 Å². The smallest absolute Gasteiger partial charge is 0.262 e. The van der Waals surface area contributed by atoms with Gasteiger partial charge in [0.15, 0.2) is 0 Å². The number of hydrogen-bond acceptors (Lipinski definition) is 8. The fraction of sp³-hybridized carbons (Fsp3) is 0.174. The molecular formula is C23H21N7O3. The number of nitrogens with one attached hydrogen (secondary N) is 1. The molecular weight excluding hydrogens is 422 g/mol. The van der Waals surface area contributed by atoms with Crippen LogP contribution in [0.4, 0.5) is 5.69 Å². The molecule has 5 rings (SSSR count). The first-order valence-corrected chi connectivity index (χ1v) is 10.4. The Kier molecular flexibility index (Phi) is 5.54. The molecule has 33 heavy (non-hydrogen) atoms. The number of methoxy groups -OCH3 is 1. The molecule has 0 bridgehead atoms. The lowest BCUT2D eigenvalue weighted by Crippen LogP contribution is -2.32. The highest BCUT2D eigenvalue weighted by Crippen LogP contribution is 2.33. The molecule has 1 atom stereocenters. The van der Waals surface area contributed by atoms with Crippen molar-refractivity contribution >= 4 is 17.3 Å². The number of anilines is 1. The third-order valence-electron chi connectivity index (χ3n) is 5.36. The molecule has 4 aromatic rings. The zero-order valence-corrected chi connectivity index (χ0v) is 17.8. The molecule has 0 aliphatic carbocycles. The van der Waals surface area contributed by atoms with Crippen molar-refractivity contribution in [3.8, 4) is 11.4 Å². The molecule has 0 unspecified atom stereocenters. The summed E-state index contributed by atoms with van der Waals surface area (Å²) in [6.45, 7) is 0.0651. The van der Waals surface area contributed by atoms with Crippen LogP contribution < -0.4 is 10.1 Å². The molecule has 0 saturated heterocycles. The summed E-state index contributed by atoms with van der Waals surface area (Å²) in [7, 11) is 1.63. The van der Waals surface area contributed by atoms with E-state index in [9.17, 15) is 4.79 Å². The highest BCUT2D eigenvalue weighted by Gasteiger charge is 2.34. The lowest BCUT2D eigenvalue weighted by atomic mass is 10.0. The van der Waals surface area contributed by atoms with E-state index in [2.05, 4.69) is 25.9 Å². The van der Waals surface area contributed by atoms with Gasteiger partial charge in [-0.25, -0.2) is 9.69 Å². The van der Waals surface area contributed by atoms with E-state index in [1.54, 1.807) is 18.1 Å². The second kappa shape index (κ2) is 8.95. The molecule has 0 saturated carbocycles. The number of amides is 1. The molecule has 3 heterocycles. The highest BCUT2D eigenvalue weighted by atomic mass is 16.5. The van der Waals surface area contributed by atoms with E-state index < -0.39 is 0 Å². The van der Waals surface area contributed by atoms with Crippen LogP contribution >= 0.6 is 0 Å². The van der Waals surface area contributed by atoms with Crippen molar-refractivity contribution in [1.82, 2.24) is 25.2 Å². The number of furan rings is 1. The molecule has 10 nitrogen and oxygen atoms in total. The summed E-state index contributed by atoms with van der Waals surface area (Å²) in [6, 6.07) is 18.5. The Bertz CT molecular complexity index is 1250. The van der Waals surface area contributed by atoms with E-state index in [-0.39, 0.29) is 18.5 Å². The highest BCUT2D eigenvalue weighted by molar-refractivity contribution is 6.03.